The number of carbonyl (C=O) groups excluding carboxylic acids is 2. The Bertz CT molecular complexity index is 1090. The van der Waals surface area contributed by atoms with Crippen molar-refractivity contribution in [2.75, 3.05) is 5.32 Å². The largest absolute Gasteiger partial charge is 0.365 e. The number of halogens is 1. The summed E-state index contributed by atoms with van der Waals surface area (Å²) in [5, 5.41) is 8.06. The van der Waals surface area contributed by atoms with Crippen LogP contribution < -0.4 is 11.1 Å². The van der Waals surface area contributed by atoms with Crippen LogP contribution in [0.5, 0.6) is 0 Å². The number of carbonyl (C=O) groups is 2. The van der Waals surface area contributed by atoms with Gasteiger partial charge >= 0.3 is 0 Å². The van der Waals surface area contributed by atoms with Crippen molar-refractivity contribution in [2.24, 2.45) is 5.73 Å². The smallest absolute Gasteiger partial charge is 0.261 e. The number of hydrogen-bond acceptors (Lipinski definition) is 4. The second-order valence-corrected chi connectivity index (χ2v) is 8.59. The minimum absolute atomic E-state index is 0.269. The predicted octanol–water partition coefficient (Wildman–Crippen LogP) is 4.18. The standard InChI is InChI=1S/C21H21ClN4O2S/c1-12-16(18(22)26(25-12)11-13-7-3-2-4-8-13)20(28)24-21-17(19(23)27)14-9-5-6-10-15(14)29-21/h2-4,7-8H,5-6,9-11H2,1H3,(H2,23,27)(H,24,28). The van der Waals surface area contributed by atoms with Gasteiger partial charge in [0.15, 0.2) is 0 Å². The molecule has 29 heavy (non-hydrogen) atoms. The van der Waals surface area contributed by atoms with Crippen LogP contribution in [0.25, 0.3) is 0 Å². The Labute approximate surface area is 177 Å². The molecule has 0 fully saturated rings. The summed E-state index contributed by atoms with van der Waals surface area (Å²) in [6.45, 7) is 2.21. The Hall–Kier alpha value is -2.64. The van der Waals surface area contributed by atoms with Crippen LogP contribution in [0.4, 0.5) is 5.00 Å². The van der Waals surface area contributed by atoms with Crippen LogP contribution in [0.1, 0.15) is 55.3 Å². The maximum absolute atomic E-state index is 13.0. The first-order valence-corrected chi connectivity index (χ1v) is 10.7. The molecule has 3 aromatic rings. The number of fused-ring (bicyclic) bond motifs is 1. The first kappa shape index (κ1) is 19.7. The van der Waals surface area contributed by atoms with Gasteiger partial charge in [-0.3, -0.25) is 9.59 Å². The fraction of sp³-hybridized carbons (Fsp3) is 0.286. The van der Waals surface area contributed by atoms with E-state index in [1.807, 2.05) is 30.3 Å². The number of aryl methyl sites for hydroxylation is 2. The highest BCUT2D eigenvalue weighted by Crippen LogP contribution is 2.38. The van der Waals surface area contributed by atoms with Gasteiger partial charge in [-0.15, -0.1) is 11.3 Å². The van der Waals surface area contributed by atoms with Crippen molar-refractivity contribution < 1.29 is 9.59 Å². The zero-order chi connectivity index (χ0) is 20.5. The summed E-state index contributed by atoms with van der Waals surface area (Å²) in [4.78, 5) is 26.2. The van der Waals surface area contributed by atoms with Crippen molar-refractivity contribution in [3.05, 3.63) is 68.3 Å². The Kier molecular flexibility index (Phi) is 5.43. The molecule has 0 atom stereocenters. The van der Waals surface area contributed by atoms with Gasteiger partial charge < -0.3 is 11.1 Å². The van der Waals surface area contributed by atoms with Crippen LogP contribution in [0, 0.1) is 6.92 Å². The zero-order valence-corrected chi connectivity index (χ0v) is 17.6. The molecule has 2 heterocycles. The van der Waals surface area contributed by atoms with E-state index in [1.165, 1.54) is 11.3 Å². The number of hydrogen-bond donors (Lipinski definition) is 2. The summed E-state index contributed by atoms with van der Waals surface area (Å²) in [6.07, 6.45) is 3.82. The fourth-order valence-electron chi connectivity index (χ4n) is 3.75. The first-order chi connectivity index (χ1) is 14.0. The average Bonchev–Trinajstić information content (AvgIpc) is 3.19. The van der Waals surface area contributed by atoms with Gasteiger partial charge in [0, 0.05) is 4.88 Å². The number of primary amides is 1. The Balaban J connectivity index is 1.63. The van der Waals surface area contributed by atoms with Gasteiger partial charge in [0.05, 0.1) is 23.4 Å². The minimum Gasteiger partial charge on any atom is -0.365 e. The lowest BCUT2D eigenvalue weighted by molar-refractivity contribution is 0.100. The molecule has 1 aromatic carbocycles. The average molecular weight is 429 g/mol. The number of benzene rings is 1. The molecule has 0 radical (unpaired) electrons. The molecule has 8 heteroatoms. The van der Waals surface area contributed by atoms with Gasteiger partial charge in [-0.1, -0.05) is 41.9 Å². The number of nitrogens with two attached hydrogens (primary N) is 1. The van der Waals surface area contributed by atoms with E-state index in [9.17, 15) is 9.59 Å². The third-order valence-corrected chi connectivity index (χ3v) is 6.70. The Morgan fingerprint density at radius 1 is 1.21 bits per heavy atom. The maximum Gasteiger partial charge on any atom is 0.261 e. The van der Waals surface area contributed by atoms with Gasteiger partial charge in [0.25, 0.3) is 11.8 Å². The minimum atomic E-state index is -0.512. The third-order valence-electron chi connectivity index (χ3n) is 5.11. The monoisotopic (exact) mass is 428 g/mol. The van der Waals surface area contributed by atoms with E-state index >= 15 is 0 Å². The van der Waals surface area contributed by atoms with E-state index in [4.69, 9.17) is 17.3 Å². The molecule has 0 spiro atoms. The molecular formula is C21H21ClN4O2S. The molecule has 1 aliphatic rings. The summed E-state index contributed by atoms with van der Waals surface area (Å²) in [7, 11) is 0. The highest BCUT2D eigenvalue weighted by molar-refractivity contribution is 7.17. The highest BCUT2D eigenvalue weighted by atomic mass is 35.5. The molecule has 2 aromatic heterocycles. The number of amides is 2. The van der Waals surface area contributed by atoms with Gasteiger partial charge in [-0.05, 0) is 43.7 Å². The van der Waals surface area contributed by atoms with Crippen LogP contribution in [0.3, 0.4) is 0 Å². The lowest BCUT2D eigenvalue weighted by Crippen LogP contribution is -2.19. The molecule has 0 aliphatic heterocycles. The van der Waals surface area contributed by atoms with Crippen LogP contribution >= 0.6 is 22.9 Å². The van der Waals surface area contributed by atoms with Gasteiger partial charge in [-0.2, -0.15) is 5.10 Å². The van der Waals surface area contributed by atoms with Crippen molar-refractivity contribution in [2.45, 2.75) is 39.2 Å². The second-order valence-electron chi connectivity index (χ2n) is 7.13. The van der Waals surface area contributed by atoms with Gasteiger partial charge in [0.1, 0.15) is 10.2 Å². The molecule has 6 nitrogen and oxygen atoms in total. The van der Waals surface area contributed by atoms with Gasteiger partial charge in [-0.25, -0.2) is 4.68 Å². The molecule has 4 rings (SSSR count). The number of thiophene rings is 1. The Morgan fingerprint density at radius 3 is 2.66 bits per heavy atom. The normalized spacial score (nSPS) is 13.2. The fourth-order valence-corrected chi connectivity index (χ4v) is 5.36. The van der Waals surface area contributed by atoms with E-state index in [0.717, 1.165) is 41.7 Å². The molecule has 3 N–H and O–H groups in total. The molecule has 0 saturated carbocycles. The molecule has 0 saturated heterocycles. The van der Waals surface area contributed by atoms with E-state index in [-0.39, 0.29) is 11.1 Å². The van der Waals surface area contributed by atoms with Crippen molar-refractivity contribution in [3.8, 4) is 0 Å². The van der Waals surface area contributed by atoms with Crippen molar-refractivity contribution in [1.29, 1.82) is 0 Å². The molecule has 0 bridgehead atoms. The van der Waals surface area contributed by atoms with Crippen LogP contribution in [0.2, 0.25) is 5.15 Å². The summed E-state index contributed by atoms with van der Waals surface area (Å²) in [5.41, 5.74) is 8.91. The topological polar surface area (TPSA) is 90.0 Å². The van der Waals surface area contributed by atoms with Crippen LogP contribution in [-0.4, -0.2) is 21.6 Å². The second kappa shape index (κ2) is 8.00. The molecule has 0 unspecified atom stereocenters. The third kappa shape index (κ3) is 3.80. The number of aromatic nitrogens is 2. The SMILES string of the molecule is Cc1nn(Cc2ccccc2)c(Cl)c1C(=O)Nc1sc2c(c1C(N)=O)CCCC2. The number of rotatable bonds is 5. The first-order valence-electron chi connectivity index (χ1n) is 9.48. The molecule has 2 amide bonds. The van der Waals surface area contributed by atoms with E-state index in [2.05, 4.69) is 10.4 Å². The van der Waals surface area contributed by atoms with E-state index in [1.54, 1.807) is 11.6 Å². The molecule has 1 aliphatic carbocycles. The summed E-state index contributed by atoms with van der Waals surface area (Å²) in [5.74, 6) is -0.893. The summed E-state index contributed by atoms with van der Waals surface area (Å²) in [6, 6.07) is 9.77. The van der Waals surface area contributed by atoms with Gasteiger partial charge in [0.2, 0.25) is 0 Å². The van der Waals surface area contributed by atoms with Crippen LogP contribution in [0.15, 0.2) is 30.3 Å². The van der Waals surface area contributed by atoms with Crippen molar-refractivity contribution in [1.82, 2.24) is 9.78 Å². The number of nitrogens with one attached hydrogen (secondary N) is 1. The number of anilines is 1. The quantitative estimate of drug-likeness (QED) is 0.638. The maximum atomic E-state index is 13.0. The Morgan fingerprint density at radius 2 is 1.93 bits per heavy atom. The lowest BCUT2D eigenvalue weighted by atomic mass is 9.95. The zero-order valence-electron chi connectivity index (χ0n) is 16.0. The molecule has 150 valence electrons. The highest BCUT2D eigenvalue weighted by Gasteiger charge is 2.27. The summed E-state index contributed by atoms with van der Waals surface area (Å²) >= 11 is 7.93. The predicted molar refractivity (Wildman–Crippen MR) is 115 cm³/mol. The van der Waals surface area contributed by atoms with E-state index < -0.39 is 5.91 Å². The number of nitrogens with zero attached hydrogens (tertiary/aromatic N) is 2. The van der Waals surface area contributed by atoms with E-state index in [0.29, 0.717) is 28.4 Å². The lowest BCUT2D eigenvalue weighted by Gasteiger charge is -2.11. The van der Waals surface area contributed by atoms with Crippen molar-refractivity contribution in [3.63, 3.8) is 0 Å². The molecular weight excluding hydrogens is 408 g/mol. The summed E-state index contributed by atoms with van der Waals surface area (Å²) < 4.78 is 1.61. The van der Waals surface area contributed by atoms with Crippen molar-refractivity contribution >= 4 is 39.8 Å². The van der Waals surface area contributed by atoms with Crippen LogP contribution in [-0.2, 0) is 19.4 Å².